The lowest BCUT2D eigenvalue weighted by atomic mass is 10.2. The second-order valence-corrected chi connectivity index (χ2v) is 7.28. The molecule has 0 saturated heterocycles. The lowest BCUT2D eigenvalue weighted by molar-refractivity contribution is 0.0732. The first-order chi connectivity index (χ1) is 17.1. The molecule has 0 unspecified atom stereocenters. The number of esters is 2. The number of rotatable bonds is 7. The zero-order chi connectivity index (χ0) is 24.5. The third-order valence-electron chi connectivity index (χ3n) is 4.82. The quantitative estimate of drug-likeness (QED) is 0.182. The number of nitrogens with one attached hydrogen (secondary N) is 1. The molecule has 4 aromatic carbocycles. The molecule has 0 radical (unpaired) electrons. The molecule has 0 aliphatic rings. The number of nitrogens with zero attached hydrogens (tertiary/aromatic N) is 1. The van der Waals surface area contributed by atoms with E-state index in [0.29, 0.717) is 22.3 Å². The van der Waals surface area contributed by atoms with E-state index in [0.717, 1.165) is 0 Å². The number of carbonyl (C=O) groups is 3. The van der Waals surface area contributed by atoms with Gasteiger partial charge in [-0.3, -0.25) is 4.79 Å². The van der Waals surface area contributed by atoms with Gasteiger partial charge in [0.1, 0.15) is 11.5 Å². The zero-order valence-electron chi connectivity index (χ0n) is 18.5. The van der Waals surface area contributed by atoms with Crippen molar-refractivity contribution in [1.82, 2.24) is 5.43 Å². The summed E-state index contributed by atoms with van der Waals surface area (Å²) in [6.45, 7) is 0. The molecule has 0 aromatic heterocycles. The van der Waals surface area contributed by atoms with Gasteiger partial charge in [-0.1, -0.05) is 54.6 Å². The number of hydrogen-bond acceptors (Lipinski definition) is 6. The molecule has 7 heteroatoms. The van der Waals surface area contributed by atoms with Gasteiger partial charge in [0, 0.05) is 17.2 Å². The summed E-state index contributed by atoms with van der Waals surface area (Å²) in [7, 11) is 0. The molecule has 35 heavy (non-hydrogen) atoms. The van der Waals surface area contributed by atoms with Crippen LogP contribution in [0.4, 0.5) is 0 Å². The number of hydrogen-bond donors (Lipinski definition) is 1. The highest BCUT2D eigenvalue weighted by Crippen LogP contribution is 2.26. The number of ether oxygens (including phenoxy) is 2. The SMILES string of the molecule is O=C(N/N=C/c1ccc(OC(=O)c2ccccc2)cc1OC(=O)c1ccccc1)c1ccccc1. The molecule has 1 N–H and O–H groups in total. The van der Waals surface area contributed by atoms with Gasteiger partial charge in [0.25, 0.3) is 5.91 Å². The largest absolute Gasteiger partial charge is 0.423 e. The van der Waals surface area contributed by atoms with Crippen molar-refractivity contribution < 1.29 is 23.9 Å². The lowest BCUT2D eigenvalue weighted by Crippen LogP contribution is -2.17. The Bertz CT molecular complexity index is 1350. The molecule has 0 bridgehead atoms. The summed E-state index contributed by atoms with van der Waals surface area (Å²) < 4.78 is 11.0. The van der Waals surface area contributed by atoms with E-state index in [1.807, 2.05) is 0 Å². The molecule has 0 aliphatic carbocycles. The van der Waals surface area contributed by atoms with Crippen LogP contribution >= 0.6 is 0 Å². The van der Waals surface area contributed by atoms with E-state index >= 15 is 0 Å². The Morgan fingerprint density at radius 2 is 1.14 bits per heavy atom. The minimum absolute atomic E-state index is 0.106. The Labute approximate surface area is 201 Å². The number of benzene rings is 4. The number of carbonyl (C=O) groups excluding carboxylic acids is 3. The Hall–Kier alpha value is -5.04. The molecule has 0 aliphatic heterocycles. The van der Waals surface area contributed by atoms with Crippen molar-refractivity contribution in [3.8, 4) is 11.5 Å². The fourth-order valence-electron chi connectivity index (χ4n) is 3.06. The molecule has 1 amide bonds. The number of hydrazone groups is 1. The maximum absolute atomic E-state index is 12.6. The molecule has 0 saturated carbocycles. The van der Waals surface area contributed by atoms with Gasteiger partial charge in [0.2, 0.25) is 0 Å². The van der Waals surface area contributed by atoms with E-state index in [2.05, 4.69) is 10.5 Å². The highest BCUT2D eigenvalue weighted by molar-refractivity contribution is 5.96. The van der Waals surface area contributed by atoms with E-state index in [-0.39, 0.29) is 11.5 Å². The first-order valence-corrected chi connectivity index (χ1v) is 10.7. The summed E-state index contributed by atoms with van der Waals surface area (Å²) in [5.74, 6) is -1.25. The fraction of sp³-hybridized carbons (Fsp3) is 0. The molecule has 4 aromatic rings. The molecule has 172 valence electrons. The molecule has 4 rings (SSSR count). The molecule has 0 atom stereocenters. The summed E-state index contributed by atoms with van der Waals surface area (Å²) in [4.78, 5) is 37.3. The maximum Gasteiger partial charge on any atom is 0.343 e. The predicted molar refractivity (Wildman–Crippen MR) is 131 cm³/mol. The minimum atomic E-state index is -0.597. The van der Waals surface area contributed by atoms with Crippen molar-refractivity contribution in [2.75, 3.05) is 0 Å². The lowest BCUT2D eigenvalue weighted by Gasteiger charge is -2.10. The highest BCUT2D eigenvalue weighted by Gasteiger charge is 2.15. The van der Waals surface area contributed by atoms with Crippen molar-refractivity contribution in [2.24, 2.45) is 5.10 Å². The van der Waals surface area contributed by atoms with Crippen LogP contribution in [0.15, 0.2) is 114 Å². The van der Waals surface area contributed by atoms with Crippen LogP contribution in [0, 0.1) is 0 Å². The van der Waals surface area contributed by atoms with Gasteiger partial charge in [0.05, 0.1) is 17.3 Å². The maximum atomic E-state index is 12.6. The second kappa shape index (κ2) is 11.2. The first kappa shape index (κ1) is 23.1. The Morgan fingerprint density at radius 1 is 0.629 bits per heavy atom. The van der Waals surface area contributed by atoms with Crippen LogP contribution in [0.2, 0.25) is 0 Å². The van der Waals surface area contributed by atoms with Crippen molar-refractivity contribution in [3.05, 3.63) is 131 Å². The Morgan fingerprint density at radius 3 is 1.71 bits per heavy atom. The summed E-state index contributed by atoms with van der Waals surface area (Å²) in [5, 5.41) is 3.97. The molecular weight excluding hydrogens is 444 g/mol. The summed E-state index contributed by atoms with van der Waals surface area (Å²) in [6.07, 6.45) is 1.34. The number of amides is 1. The van der Waals surface area contributed by atoms with Gasteiger partial charge in [-0.15, -0.1) is 0 Å². The van der Waals surface area contributed by atoms with Crippen molar-refractivity contribution in [1.29, 1.82) is 0 Å². The topological polar surface area (TPSA) is 94.1 Å². The van der Waals surface area contributed by atoms with Crippen molar-refractivity contribution in [3.63, 3.8) is 0 Å². The monoisotopic (exact) mass is 464 g/mol. The van der Waals surface area contributed by atoms with Gasteiger partial charge in [-0.05, 0) is 48.5 Å². The van der Waals surface area contributed by atoms with E-state index < -0.39 is 17.8 Å². The Balaban J connectivity index is 1.56. The molecular formula is C28H20N2O5. The fourth-order valence-corrected chi connectivity index (χ4v) is 3.06. The Kier molecular flexibility index (Phi) is 7.40. The second-order valence-electron chi connectivity index (χ2n) is 7.28. The third-order valence-corrected chi connectivity index (χ3v) is 4.82. The average Bonchev–Trinajstić information content (AvgIpc) is 2.91. The molecule has 7 nitrogen and oxygen atoms in total. The predicted octanol–water partition coefficient (Wildman–Crippen LogP) is 4.89. The normalized spacial score (nSPS) is 10.5. The first-order valence-electron chi connectivity index (χ1n) is 10.7. The molecule has 0 heterocycles. The van der Waals surface area contributed by atoms with Crippen LogP contribution in [0.25, 0.3) is 0 Å². The van der Waals surface area contributed by atoms with E-state index in [1.165, 1.54) is 12.3 Å². The van der Waals surface area contributed by atoms with Gasteiger partial charge in [-0.2, -0.15) is 5.10 Å². The van der Waals surface area contributed by atoms with E-state index in [4.69, 9.17) is 9.47 Å². The van der Waals surface area contributed by atoms with Crippen molar-refractivity contribution >= 4 is 24.1 Å². The van der Waals surface area contributed by atoms with Crippen LogP contribution in [0.5, 0.6) is 11.5 Å². The van der Waals surface area contributed by atoms with Crippen LogP contribution in [-0.2, 0) is 0 Å². The summed E-state index contributed by atoms with van der Waals surface area (Å²) in [6, 6.07) is 30.1. The van der Waals surface area contributed by atoms with E-state index in [1.54, 1.807) is 103 Å². The third kappa shape index (κ3) is 6.27. The summed E-state index contributed by atoms with van der Waals surface area (Å²) >= 11 is 0. The average molecular weight is 464 g/mol. The van der Waals surface area contributed by atoms with E-state index in [9.17, 15) is 14.4 Å². The van der Waals surface area contributed by atoms with Gasteiger partial charge >= 0.3 is 11.9 Å². The minimum Gasteiger partial charge on any atom is -0.423 e. The summed E-state index contributed by atoms with van der Waals surface area (Å²) in [5.41, 5.74) is 4.00. The van der Waals surface area contributed by atoms with Crippen LogP contribution < -0.4 is 14.9 Å². The van der Waals surface area contributed by atoms with Gasteiger partial charge in [0.15, 0.2) is 0 Å². The van der Waals surface area contributed by atoms with Gasteiger partial charge in [-0.25, -0.2) is 15.0 Å². The molecule has 0 spiro atoms. The van der Waals surface area contributed by atoms with Crippen LogP contribution in [0.1, 0.15) is 36.6 Å². The van der Waals surface area contributed by atoms with Crippen LogP contribution in [-0.4, -0.2) is 24.1 Å². The van der Waals surface area contributed by atoms with Crippen molar-refractivity contribution in [2.45, 2.75) is 0 Å². The van der Waals surface area contributed by atoms with Crippen LogP contribution in [0.3, 0.4) is 0 Å². The van der Waals surface area contributed by atoms with Gasteiger partial charge < -0.3 is 9.47 Å². The smallest absolute Gasteiger partial charge is 0.343 e. The highest BCUT2D eigenvalue weighted by atomic mass is 16.5. The molecule has 0 fully saturated rings. The zero-order valence-corrected chi connectivity index (χ0v) is 18.5. The standard InChI is InChI=1S/C28H20N2O5/c31-26(20-10-4-1-5-11-20)30-29-19-23-16-17-24(34-27(32)21-12-6-2-7-13-21)18-25(23)35-28(33)22-14-8-3-9-15-22/h1-19H,(H,30,31)/b29-19+.